The molecule has 1 aromatic heterocycles. The number of para-hydroxylation sites is 1. The van der Waals surface area contributed by atoms with Crippen LogP contribution in [-0.4, -0.2) is 50.8 Å². The van der Waals surface area contributed by atoms with E-state index in [-0.39, 0.29) is 24.3 Å². The van der Waals surface area contributed by atoms with E-state index in [4.69, 9.17) is 9.90 Å². The first-order valence-corrected chi connectivity index (χ1v) is 10.7. The number of amides is 2. The van der Waals surface area contributed by atoms with E-state index in [0.29, 0.717) is 24.9 Å². The van der Waals surface area contributed by atoms with Gasteiger partial charge in [0.05, 0.1) is 17.0 Å². The van der Waals surface area contributed by atoms with Crippen molar-refractivity contribution < 1.29 is 19.5 Å². The molecule has 8 heteroatoms. The summed E-state index contributed by atoms with van der Waals surface area (Å²) in [6.07, 6.45) is 6.59. The van der Waals surface area contributed by atoms with Crippen molar-refractivity contribution in [2.45, 2.75) is 30.7 Å². The van der Waals surface area contributed by atoms with Crippen LogP contribution in [0, 0.1) is 0 Å². The van der Waals surface area contributed by atoms with Crippen LogP contribution < -0.4 is 5.32 Å². The molecular weight excluding hydrogens is 420 g/mol. The van der Waals surface area contributed by atoms with E-state index >= 15 is 0 Å². The van der Waals surface area contributed by atoms with Crippen LogP contribution >= 0.6 is 0 Å². The first kappa shape index (κ1) is 22.1. The lowest BCUT2D eigenvalue weighted by Crippen LogP contribution is -2.49. The molecule has 33 heavy (non-hydrogen) atoms. The fourth-order valence-electron chi connectivity index (χ4n) is 4.97. The van der Waals surface area contributed by atoms with Gasteiger partial charge in [-0.15, -0.1) is 0 Å². The topological polar surface area (TPSA) is 112 Å². The normalized spacial score (nSPS) is 20.5. The van der Waals surface area contributed by atoms with E-state index in [2.05, 4.69) is 27.4 Å². The third-order valence-electron chi connectivity index (χ3n) is 6.37. The number of aromatic nitrogens is 2. The third-order valence-corrected chi connectivity index (χ3v) is 6.37. The molecule has 0 radical (unpaired) electrons. The van der Waals surface area contributed by atoms with Crippen LogP contribution in [0.1, 0.15) is 34.3 Å². The molecule has 1 spiro atoms. The summed E-state index contributed by atoms with van der Waals surface area (Å²) in [6, 6.07) is 17.8. The average molecular weight is 444 g/mol. The number of carbonyl (C=O) groups is 3. The highest BCUT2D eigenvalue weighted by Gasteiger charge is 2.58. The van der Waals surface area contributed by atoms with Gasteiger partial charge in [-0.05, 0) is 36.5 Å². The summed E-state index contributed by atoms with van der Waals surface area (Å²) in [4.78, 5) is 44.9. The highest BCUT2D eigenvalue weighted by atomic mass is 16.3. The van der Waals surface area contributed by atoms with Gasteiger partial charge < -0.3 is 15.3 Å². The van der Waals surface area contributed by atoms with Gasteiger partial charge in [0.15, 0.2) is 0 Å². The van der Waals surface area contributed by atoms with Crippen molar-refractivity contribution in [3.05, 3.63) is 90.0 Å². The maximum Gasteiger partial charge on any atom is 0.290 e. The number of rotatable bonds is 4. The lowest BCUT2D eigenvalue weighted by molar-refractivity contribution is -0.123. The Morgan fingerprint density at radius 3 is 2.52 bits per heavy atom. The Morgan fingerprint density at radius 2 is 1.79 bits per heavy atom. The number of nitrogens with one attached hydrogen (secondary N) is 1. The second-order valence-corrected chi connectivity index (χ2v) is 7.99. The van der Waals surface area contributed by atoms with Crippen LogP contribution in [0.15, 0.2) is 73.3 Å². The maximum atomic E-state index is 13.3. The number of hydrogen-bond donors (Lipinski definition) is 2. The van der Waals surface area contributed by atoms with Gasteiger partial charge in [0.25, 0.3) is 12.4 Å². The van der Waals surface area contributed by atoms with Crippen molar-refractivity contribution in [2.75, 3.05) is 11.9 Å². The summed E-state index contributed by atoms with van der Waals surface area (Å²) < 4.78 is 0. The molecule has 1 fully saturated rings. The number of hydrogen-bond acceptors (Lipinski definition) is 5. The summed E-state index contributed by atoms with van der Waals surface area (Å²) in [7, 11) is 0. The number of anilines is 1. The monoisotopic (exact) mass is 444 g/mol. The number of carbonyl (C=O) groups excluding carboxylic acids is 2. The van der Waals surface area contributed by atoms with Gasteiger partial charge >= 0.3 is 0 Å². The van der Waals surface area contributed by atoms with Crippen LogP contribution in [0.4, 0.5) is 5.69 Å². The molecule has 8 nitrogen and oxygen atoms in total. The molecule has 1 saturated heterocycles. The van der Waals surface area contributed by atoms with Gasteiger partial charge in [-0.25, -0.2) is 9.97 Å². The van der Waals surface area contributed by atoms with E-state index in [9.17, 15) is 9.59 Å². The minimum absolute atomic E-state index is 0.0126. The molecule has 2 N–H and O–H groups in total. The van der Waals surface area contributed by atoms with E-state index < -0.39 is 5.41 Å². The molecule has 5 rings (SSSR count). The lowest BCUT2D eigenvalue weighted by atomic mass is 9.73. The minimum atomic E-state index is -0.726. The Kier molecular flexibility index (Phi) is 6.44. The number of benzene rings is 2. The second-order valence-electron chi connectivity index (χ2n) is 7.99. The molecule has 2 amide bonds. The predicted octanol–water partition coefficient (Wildman–Crippen LogP) is 2.91. The Balaban J connectivity index is 0.000000821. The Hall–Kier alpha value is -4.07. The fraction of sp³-hybridized carbons (Fsp3) is 0.240. The highest BCUT2D eigenvalue weighted by Crippen LogP contribution is 2.49. The Morgan fingerprint density at radius 1 is 1.12 bits per heavy atom. The Labute approximate surface area is 191 Å². The molecule has 0 unspecified atom stereocenters. The number of fused-ring (bicyclic) bond motifs is 2. The average Bonchev–Trinajstić information content (AvgIpc) is 3.37. The molecule has 0 saturated carbocycles. The summed E-state index contributed by atoms with van der Waals surface area (Å²) in [5, 5.41) is 9.94. The number of aryl methyl sites for hydroxylation is 1. The zero-order chi connectivity index (χ0) is 23.3. The molecular formula is C25H24N4O4. The maximum absolute atomic E-state index is 13.3. The van der Waals surface area contributed by atoms with Gasteiger partial charge in [0, 0.05) is 24.6 Å². The van der Waals surface area contributed by atoms with E-state index in [1.165, 1.54) is 24.3 Å². The van der Waals surface area contributed by atoms with Crippen molar-refractivity contribution in [1.29, 1.82) is 0 Å². The van der Waals surface area contributed by atoms with Gasteiger partial charge in [0.1, 0.15) is 6.33 Å². The van der Waals surface area contributed by atoms with E-state index in [1.54, 1.807) is 0 Å². The summed E-state index contributed by atoms with van der Waals surface area (Å²) in [6.45, 7) is 0.273. The van der Waals surface area contributed by atoms with Crippen molar-refractivity contribution in [1.82, 2.24) is 14.9 Å². The van der Waals surface area contributed by atoms with Gasteiger partial charge in [-0.2, -0.15) is 0 Å². The SMILES string of the molecule is O=C(c1cncnc1)N1CC[C@]2(C(=O)Nc3ccccc32)[C@@H]1CCc1ccccc1.O=CO. The Bertz CT molecular complexity index is 1140. The summed E-state index contributed by atoms with van der Waals surface area (Å²) >= 11 is 0. The zero-order valence-corrected chi connectivity index (χ0v) is 17.9. The van der Waals surface area contributed by atoms with Gasteiger partial charge in [-0.3, -0.25) is 14.4 Å². The van der Waals surface area contributed by atoms with Gasteiger partial charge in [0.2, 0.25) is 5.91 Å². The number of carboxylic acid groups (broad SMARTS) is 1. The van der Waals surface area contributed by atoms with Crippen molar-refractivity contribution in [3.63, 3.8) is 0 Å². The molecule has 168 valence electrons. The van der Waals surface area contributed by atoms with Crippen LogP contribution in [0.2, 0.25) is 0 Å². The predicted molar refractivity (Wildman–Crippen MR) is 122 cm³/mol. The first-order valence-electron chi connectivity index (χ1n) is 10.7. The highest BCUT2D eigenvalue weighted by molar-refractivity contribution is 6.08. The summed E-state index contributed by atoms with van der Waals surface area (Å²) in [5.41, 5.74) is 2.77. The molecule has 2 aliphatic rings. The van der Waals surface area contributed by atoms with Crippen molar-refractivity contribution in [3.8, 4) is 0 Å². The summed E-state index contributed by atoms with van der Waals surface area (Å²) in [5.74, 6) is -0.135. The number of nitrogens with zero attached hydrogens (tertiary/aromatic N) is 3. The van der Waals surface area contributed by atoms with E-state index in [0.717, 1.165) is 17.7 Å². The molecule has 2 aliphatic heterocycles. The molecule has 3 heterocycles. The van der Waals surface area contributed by atoms with Crippen LogP contribution in [-0.2, 0) is 21.4 Å². The van der Waals surface area contributed by atoms with Crippen molar-refractivity contribution in [2.24, 2.45) is 0 Å². The second kappa shape index (κ2) is 9.60. The zero-order valence-electron chi connectivity index (χ0n) is 17.9. The smallest absolute Gasteiger partial charge is 0.290 e. The minimum Gasteiger partial charge on any atom is -0.483 e. The van der Waals surface area contributed by atoms with Gasteiger partial charge in [-0.1, -0.05) is 48.5 Å². The van der Waals surface area contributed by atoms with Crippen LogP contribution in [0.5, 0.6) is 0 Å². The van der Waals surface area contributed by atoms with Crippen LogP contribution in [0.25, 0.3) is 0 Å². The molecule has 3 aromatic rings. The first-order chi connectivity index (χ1) is 16.1. The van der Waals surface area contributed by atoms with Crippen LogP contribution in [0.3, 0.4) is 0 Å². The third kappa shape index (κ3) is 4.07. The largest absolute Gasteiger partial charge is 0.483 e. The van der Waals surface area contributed by atoms with E-state index in [1.807, 2.05) is 47.4 Å². The molecule has 2 aromatic carbocycles. The van der Waals surface area contributed by atoms with Crippen molar-refractivity contribution >= 4 is 24.0 Å². The molecule has 0 aliphatic carbocycles. The quantitative estimate of drug-likeness (QED) is 0.599. The fourth-order valence-corrected chi connectivity index (χ4v) is 4.97. The molecule has 2 atom stereocenters. The number of likely N-dealkylation sites (tertiary alicyclic amines) is 1. The lowest BCUT2D eigenvalue weighted by Gasteiger charge is -2.34. The molecule has 0 bridgehead atoms. The standard InChI is InChI=1S/C24H22N4O2.CH2O2/c29-22(18-14-25-16-26-15-18)28-13-12-24(19-8-4-5-9-20(19)27-23(24)30)21(28)11-10-17-6-2-1-3-7-17;2-1-3/h1-9,14-16,21H,10-13H2,(H,27,30);1H,(H,2,3)/t21-,24+;/m0./s1.